The Morgan fingerprint density at radius 1 is 1.15 bits per heavy atom. The highest BCUT2D eigenvalue weighted by Gasteiger charge is 2.24. The van der Waals surface area contributed by atoms with E-state index in [1.54, 1.807) is 31.2 Å². The number of aryl methyl sites for hydroxylation is 1. The number of imide groups is 1. The Morgan fingerprint density at radius 3 is 2.70 bits per heavy atom. The SMILES string of the molecule is C[C@@H](CS(=O)(=O)CCCc1ccc2c(c1)CC(=O)NC2=O)c1cc(F)cc(OCC2CC2)c1. The molecule has 0 unspecified atom stereocenters. The molecular weight excluding hydrogens is 445 g/mol. The average Bonchev–Trinajstić information content (AvgIpc) is 3.55. The molecular formula is C25H28FNO5S. The number of nitrogens with one attached hydrogen (secondary N) is 1. The first-order valence-electron chi connectivity index (χ1n) is 11.3. The van der Waals surface area contributed by atoms with Crippen LogP contribution < -0.4 is 10.1 Å². The Balaban J connectivity index is 1.32. The van der Waals surface area contributed by atoms with Crippen LogP contribution in [0.1, 0.15) is 59.2 Å². The number of ether oxygens (including phenoxy) is 1. The molecule has 1 aliphatic carbocycles. The van der Waals surface area contributed by atoms with Crippen molar-refractivity contribution in [1.29, 1.82) is 0 Å². The van der Waals surface area contributed by atoms with Crippen LogP contribution in [0.4, 0.5) is 4.39 Å². The minimum atomic E-state index is -3.36. The number of sulfone groups is 1. The zero-order valence-corrected chi connectivity index (χ0v) is 19.4. The topological polar surface area (TPSA) is 89.5 Å². The van der Waals surface area contributed by atoms with E-state index in [1.165, 1.54) is 12.1 Å². The fourth-order valence-corrected chi connectivity index (χ4v) is 5.79. The van der Waals surface area contributed by atoms with E-state index >= 15 is 0 Å². The Hall–Kier alpha value is -2.74. The van der Waals surface area contributed by atoms with Crippen LogP contribution in [0.15, 0.2) is 36.4 Å². The first-order valence-corrected chi connectivity index (χ1v) is 13.1. The molecule has 2 amide bonds. The highest BCUT2D eigenvalue weighted by atomic mass is 32.2. The van der Waals surface area contributed by atoms with Crippen molar-refractivity contribution >= 4 is 21.7 Å². The zero-order chi connectivity index (χ0) is 23.6. The van der Waals surface area contributed by atoms with Gasteiger partial charge in [-0.3, -0.25) is 14.9 Å². The molecule has 0 spiro atoms. The van der Waals surface area contributed by atoms with Crippen molar-refractivity contribution in [2.45, 2.75) is 44.9 Å². The standard InChI is InChI=1S/C25H28FNO5S/c1-16(19-10-21(26)13-22(11-19)32-14-18-4-5-18)15-33(30,31)8-2-3-17-6-7-23-20(9-17)12-24(28)27-25(23)29/h6-7,9-11,13,16,18H,2-5,8,12,14-15H2,1H3,(H,27,28,29)/t16-/m0/s1. The minimum Gasteiger partial charge on any atom is -0.493 e. The molecule has 0 aromatic heterocycles. The van der Waals surface area contributed by atoms with Crippen LogP contribution in [0.2, 0.25) is 0 Å². The van der Waals surface area contributed by atoms with Crippen LogP contribution >= 0.6 is 0 Å². The van der Waals surface area contributed by atoms with Crippen molar-refractivity contribution in [1.82, 2.24) is 5.32 Å². The number of halogens is 1. The van der Waals surface area contributed by atoms with Crippen molar-refractivity contribution < 1.29 is 27.1 Å². The van der Waals surface area contributed by atoms with Crippen LogP contribution in [-0.4, -0.2) is 38.3 Å². The summed E-state index contributed by atoms with van der Waals surface area (Å²) in [5.74, 6) is -0.596. The maximum absolute atomic E-state index is 14.0. The van der Waals surface area contributed by atoms with Gasteiger partial charge in [-0.1, -0.05) is 19.1 Å². The third-order valence-electron chi connectivity index (χ3n) is 6.09. The molecule has 0 bridgehead atoms. The van der Waals surface area contributed by atoms with E-state index in [-0.39, 0.29) is 29.8 Å². The highest BCUT2D eigenvalue weighted by Crippen LogP contribution is 2.31. The summed E-state index contributed by atoms with van der Waals surface area (Å²) in [7, 11) is -3.36. The molecule has 2 aliphatic rings. The molecule has 1 aliphatic heterocycles. The molecule has 0 saturated heterocycles. The van der Waals surface area contributed by atoms with Crippen LogP contribution in [0.25, 0.3) is 0 Å². The van der Waals surface area contributed by atoms with Crippen molar-refractivity contribution in [2.24, 2.45) is 5.92 Å². The van der Waals surface area contributed by atoms with Gasteiger partial charge in [-0.2, -0.15) is 0 Å². The maximum atomic E-state index is 14.0. The van der Waals surface area contributed by atoms with Gasteiger partial charge in [-0.15, -0.1) is 0 Å². The summed E-state index contributed by atoms with van der Waals surface area (Å²) < 4.78 is 45.1. The lowest BCUT2D eigenvalue weighted by molar-refractivity contribution is -0.119. The molecule has 2 aromatic rings. The predicted octanol–water partition coefficient (Wildman–Crippen LogP) is 3.58. The van der Waals surface area contributed by atoms with E-state index in [1.807, 2.05) is 0 Å². The van der Waals surface area contributed by atoms with Gasteiger partial charge in [-0.25, -0.2) is 12.8 Å². The molecule has 33 heavy (non-hydrogen) atoms. The van der Waals surface area contributed by atoms with Crippen molar-refractivity contribution in [3.8, 4) is 5.75 Å². The smallest absolute Gasteiger partial charge is 0.258 e. The van der Waals surface area contributed by atoms with E-state index in [9.17, 15) is 22.4 Å². The maximum Gasteiger partial charge on any atom is 0.258 e. The van der Waals surface area contributed by atoms with Crippen molar-refractivity contribution in [3.63, 3.8) is 0 Å². The third-order valence-corrected chi connectivity index (χ3v) is 8.01. The monoisotopic (exact) mass is 473 g/mol. The Morgan fingerprint density at radius 2 is 1.94 bits per heavy atom. The average molecular weight is 474 g/mol. The summed E-state index contributed by atoms with van der Waals surface area (Å²) in [6.45, 7) is 2.35. The molecule has 2 aromatic carbocycles. The summed E-state index contributed by atoms with van der Waals surface area (Å²) >= 11 is 0. The Kier molecular flexibility index (Phi) is 6.83. The fourth-order valence-electron chi connectivity index (χ4n) is 4.09. The molecule has 0 radical (unpaired) electrons. The van der Waals surface area contributed by atoms with Gasteiger partial charge < -0.3 is 4.74 Å². The van der Waals surface area contributed by atoms with Gasteiger partial charge in [0.25, 0.3) is 5.91 Å². The third kappa shape index (κ3) is 6.41. The molecule has 1 atom stereocenters. The molecule has 1 saturated carbocycles. The largest absolute Gasteiger partial charge is 0.493 e. The van der Waals surface area contributed by atoms with Gasteiger partial charge in [-0.05, 0) is 72.4 Å². The van der Waals surface area contributed by atoms with Gasteiger partial charge in [0.1, 0.15) is 11.6 Å². The van der Waals surface area contributed by atoms with E-state index < -0.39 is 21.6 Å². The lowest BCUT2D eigenvalue weighted by Crippen LogP contribution is -2.37. The van der Waals surface area contributed by atoms with Gasteiger partial charge in [0, 0.05) is 11.6 Å². The number of hydrogen-bond acceptors (Lipinski definition) is 5. The second kappa shape index (κ2) is 9.63. The summed E-state index contributed by atoms with van der Waals surface area (Å²) in [6.07, 6.45) is 3.36. The van der Waals surface area contributed by atoms with E-state index in [0.29, 0.717) is 47.8 Å². The number of benzene rings is 2. The minimum absolute atomic E-state index is 0.00813. The van der Waals surface area contributed by atoms with Gasteiger partial charge >= 0.3 is 0 Å². The second-order valence-electron chi connectivity index (χ2n) is 9.14. The van der Waals surface area contributed by atoms with Gasteiger partial charge in [0.2, 0.25) is 5.91 Å². The van der Waals surface area contributed by atoms with E-state index in [0.717, 1.165) is 18.4 Å². The molecule has 1 N–H and O–H groups in total. The lowest BCUT2D eigenvalue weighted by atomic mass is 9.96. The number of rotatable bonds is 10. The van der Waals surface area contributed by atoms with Crippen LogP contribution in [0.3, 0.4) is 0 Å². The molecule has 8 heteroatoms. The normalized spacial score (nSPS) is 16.8. The number of carbonyl (C=O) groups is 2. The van der Waals surface area contributed by atoms with Crippen LogP contribution in [-0.2, 0) is 27.5 Å². The molecule has 1 fully saturated rings. The van der Waals surface area contributed by atoms with E-state index in [4.69, 9.17) is 4.74 Å². The van der Waals surface area contributed by atoms with Gasteiger partial charge in [0.15, 0.2) is 9.84 Å². The van der Waals surface area contributed by atoms with Crippen molar-refractivity contribution in [3.05, 3.63) is 64.5 Å². The van der Waals surface area contributed by atoms with E-state index in [2.05, 4.69) is 5.32 Å². The predicted molar refractivity (Wildman–Crippen MR) is 123 cm³/mol. The molecule has 6 nitrogen and oxygen atoms in total. The number of amides is 2. The first kappa shape index (κ1) is 23.4. The molecule has 176 valence electrons. The zero-order valence-electron chi connectivity index (χ0n) is 18.6. The first-order chi connectivity index (χ1) is 15.7. The highest BCUT2D eigenvalue weighted by molar-refractivity contribution is 7.91. The quantitative estimate of drug-likeness (QED) is 0.533. The number of hydrogen-bond donors (Lipinski definition) is 1. The number of fused-ring (bicyclic) bond motifs is 1. The summed E-state index contributed by atoms with van der Waals surface area (Å²) in [5.41, 5.74) is 2.66. The van der Waals surface area contributed by atoms with Crippen LogP contribution in [0.5, 0.6) is 5.75 Å². The fraction of sp³-hybridized carbons (Fsp3) is 0.440. The van der Waals surface area contributed by atoms with Crippen molar-refractivity contribution in [2.75, 3.05) is 18.1 Å². The summed E-state index contributed by atoms with van der Waals surface area (Å²) in [4.78, 5) is 23.4. The summed E-state index contributed by atoms with van der Waals surface area (Å²) in [6, 6.07) is 9.71. The van der Waals surface area contributed by atoms with Gasteiger partial charge in [0.05, 0.1) is 24.5 Å². The Bertz CT molecular complexity index is 1170. The molecule has 4 rings (SSSR count). The lowest BCUT2D eigenvalue weighted by Gasteiger charge is -2.16. The Labute approximate surface area is 193 Å². The second-order valence-corrected chi connectivity index (χ2v) is 11.4. The number of carbonyl (C=O) groups excluding carboxylic acids is 2. The summed E-state index contributed by atoms with van der Waals surface area (Å²) in [5, 5.41) is 2.28. The van der Waals surface area contributed by atoms with Crippen LogP contribution in [0, 0.1) is 11.7 Å². The molecule has 1 heterocycles.